The van der Waals surface area contributed by atoms with Crippen LogP contribution in [0, 0.1) is 0 Å². The Kier molecular flexibility index (Phi) is 2.45. The minimum atomic E-state index is -0.220. The monoisotopic (exact) mass is 140 g/mol. The van der Waals surface area contributed by atoms with Crippen molar-refractivity contribution in [2.75, 3.05) is 0 Å². The Labute approximate surface area is 60.3 Å². The Hall–Kier alpha value is -0.830. The number of hydrogen-bond donors (Lipinski definition) is 1. The first kappa shape index (κ1) is 7.28. The van der Waals surface area contributed by atoms with E-state index in [0.717, 1.165) is 13.0 Å². The summed E-state index contributed by atoms with van der Waals surface area (Å²) in [4.78, 5) is 3.88. The first-order valence-corrected chi connectivity index (χ1v) is 3.43. The summed E-state index contributed by atoms with van der Waals surface area (Å²) >= 11 is 0. The summed E-state index contributed by atoms with van der Waals surface area (Å²) in [5, 5.41) is 8.92. The molecule has 1 unspecified atom stereocenters. The maximum Gasteiger partial charge on any atom is 0.0945 e. The summed E-state index contributed by atoms with van der Waals surface area (Å²) in [6.07, 6.45) is 5.95. The highest BCUT2D eigenvalue weighted by molar-refractivity contribution is 4.73. The highest BCUT2D eigenvalue weighted by Crippen LogP contribution is 1.94. The average Bonchev–Trinajstić information content (AvgIpc) is 2.34. The lowest BCUT2D eigenvalue weighted by molar-refractivity contribution is 0.178. The van der Waals surface area contributed by atoms with Gasteiger partial charge < -0.3 is 9.67 Å². The van der Waals surface area contributed by atoms with Gasteiger partial charge in [-0.05, 0) is 13.3 Å². The molecule has 1 atom stereocenters. The molecule has 3 nitrogen and oxygen atoms in total. The topological polar surface area (TPSA) is 38.0 Å². The zero-order valence-corrected chi connectivity index (χ0v) is 6.07. The molecule has 0 aliphatic rings. The van der Waals surface area contributed by atoms with Crippen LogP contribution in [0.2, 0.25) is 0 Å². The molecule has 0 saturated carbocycles. The number of imidazole rings is 1. The van der Waals surface area contributed by atoms with Gasteiger partial charge in [-0.25, -0.2) is 4.98 Å². The van der Waals surface area contributed by atoms with Crippen molar-refractivity contribution in [1.29, 1.82) is 0 Å². The molecule has 0 aliphatic carbocycles. The Morgan fingerprint density at radius 1 is 1.70 bits per heavy atom. The third-order valence-electron chi connectivity index (χ3n) is 1.36. The van der Waals surface area contributed by atoms with Crippen molar-refractivity contribution in [3.63, 3.8) is 0 Å². The van der Waals surface area contributed by atoms with E-state index in [1.165, 1.54) is 0 Å². The SMILES string of the molecule is CC(O)CCn1ccnc1. The summed E-state index contributed by atoms with van der Waals surface area (Å²) < 4.78 is 1.95. The summed E-state index contributed by atoms with van der Waals surface area (Å²) in [5.41, 5.74) is 0. The Morgan fingerprint density at radius 3 is 3.00 bits per heavy atom. The molecule has 0 bridgehead atoms. The third kappa shape index (κ3) is 2.19. The van der Waals surface area contributed by atoms with Gasteiger partial charge >= 0.3 is 0 Å². The zero-order chi connectivity index (χ0) is 7.40. The van der Waals surface area contributed by atoms with Gasteiger partial charge in [-0.15, -0.1) is 0 Å². The molecule has 1 N–H and O–H groups in total. The summed E-state index contributed by atoms with van der Waals surface area (Å²) in [7, 11) is 0. The number of aryl methyl sites for hydroxylation is 1. The molecule has 1 rings (SSSR count). The van der Waals surface area contributed by atoms with E-state index >= 15 is 0 Å². The minimum absolute atomic E-state index is 0.220. The van der Waals surface area contributed by atoms with Crippen molar-refractivity contribution in [1.82, 2.24) is 9.55 Å². The predicted octanol–water partition coefficient (Wildman–Crippen LogP) is 0.654. The Bertz CT molecular complexity index is 170. The number of aliphatic hydroxyl groups is 1. The van der Waals surface area contributed by atoms with Crippen molar-refractivity contribution in [3.05, 3.63) is 18.7 Å². The lowest BCUT2D eigenvalue weighted by Crippen LogP contribution is -2.05. The predicted molar refractivity (Wildman–Crippen MR) is 38.5 cm³/mol. The molecule has 0 radical (unpaired) electrons. The molecule has 0 aromatic carbocycles. The molecule has 10 heavy (non-hydrogen) atoms. The fraction of sp³-hybridized carbons (Fsp3) is 0.571. The first-order valence-electron chi connectivity index (χ1n) is 3.43. The third-order valence-corrected chi connectivity index (χ3v) is 1.36. The molecular weight excluding hydrogens is 128 g/mol. The fourth-order valence-electron chi connectivity index (χ4n) is 0.755. The smallest absolute Gasteiger partial charge is 0.0945 e. The summed E-state index contributed by atoms with van der Waals surface area (Å²) in [5.74, 6) is 0. The number of aliphatic hydroxyl groups excluding tert-OH is 1. The standard InChI is InChI=1S/C7H12N2O/c1-7(10)2-4-9-5-3-8-6-9/h3,5-7,10H,2,4H2,1H3. The summed E-state index contributed by atoms with van der Waals surface area (Å²) in [6.45, 7) is 2.63. The van der Waals surface area contributed by atoms with Crippen molar-refractivity contribution in [2.24, 2.45) is 0 Å². The van der Waals surface area contributed by atoms with Crippen LogP contribution in [0.3, 0.4) is 0 Å². The first-order chi connectivity index (χ1) is 4.79. The van der Waals surface area contributed by atoms with Gasteiger partial charge in [-0.2, -0.15) is 0 Å². The highest BCUT2D eigenvalue weighted by Gasteiger charge is 1.94. The largest absolute Gasteiger partial charge is 0.393 e. The van der Waals surface area contributed by atoms with Gasteiger partial charge in [0.1, 0.15) is 0 Å². The van der Waals surface area contributed by atoms with E-state index in [0.29, 0.717) is 0 Å². The van der Waals surface area contributed by atoms with Crippen LogP contribution < -0.4 is 0 Å². The second-order valence-electron chi connectivity index (χ2n) is 2.44. The van der Waals surface area contributed by atoms with E-state index < -0.39 is 0 Å². The van der Waals surface area contributed by atoms with E-state index in [1.54, 1.807) is 19.4 Å². The molecule has 0 fully saturated rings. The Morgan fingerprint density at radius 2 is 2.50 bits per heavy atom. The van der Waals surface area contributed by atoms with Gasteiger partial charge in [-0.1, -0.05) is 0 Å². The van der Waals surface area contributed by atoms with Crippen LogP contribution in [-0.4, -0.2) is 20.8 Å². The van der Waals surface area contributed by atoms with Crippen LogP contribution >= 0.6 is 0 Å². The number of nitrogens with zero attached hydrogens (tertiary/aromatic N) is 2. The lowest BCUT2D eigenvalue weighted by atomic mass is 10.3. The molecule has 56 valence electrons. The van der Waals surface area contributed by atoms with Crippen molar-refractivity contribution < 1.29 is 5.11 Å². The molecule has 3 heteroatoms. The molecule has 0 saturated heterocycles. The van der Waals surface area contributed by atoms with E-state index in [1.807, 2.05) is 10.8 Å². The van der Waals surface area contributed by atoms with Gasteiger partial charge in [-0.3, -0.25) is 0 Å². The van der Waals surface area contributed by atoms with Gasteiger partial charge in [0.15, 0.2) is 0 Å². The van der Waals surface area contributed by atoms with Crippen LogP contribution in [0.4, 0.5) is 0 Å². The van der Waals surface area contributed by atoms with E-state index in [4.69, 9.17) is 5.11 Å². The molecule has 0 amide bonds. The lowest BCUT2D eigenvalue weighted by Gasteiger charge is -2.03. The van der Waals surface area contributed by atoms with Gasteiger partial charge in [0.05, 0.1) is 12.4 Å². The maximum atomic E-state index is 8.92. The van der Waals surface area contributed by atoms with E-state index in [9.17, 15) is 0 Å². The van der Waals surface area contributed by atoms with Gasteiger partial charge in [0.25, 0.3) is 0 Å². The van der Waals surface area contributed by atoms with E-state index in [-0.39, 0.29) is 6.10 Å². The second-order valence-corrected chi connectivity index (χ2v) is 2.44. The normalized spacial score (nSPS) is 13.4. The molecule has 1 aromatic rings. The van der Waals surface area contributed by atoms with Crippen LogP contribution in [0.1, 0.15) is 13.3 Å². The second kappa shape index (κ2) is 3.37. The molecule has 0 aliphatic heterocycles. The maximum absolute atomic E-state index is 8.92. The van der Waals surface area contributed by atoms with Gasteiger partial charge in [0.2, 0.25) is 0 Å². The van der Waals surface area contributed by atoms with Crippen LogP contribution in [-0.2, 0) is 6.54 Å². The minimum Gasteiger partial charge on any atom is -0.393 e. The average molecular weight is 140 g/mol. The number of hydrogen-bond acceptors (Lipinski definition) is 2. The molecule has 0 spiro atoms. The van der Waals surface area contributed by atoms with Crippen LogP contribution in [0.25, 0.3) is 0 Å². The van der Waals surface area contributed by atoms with Crippen LogP contribution in [0.15, 0.2) is 18.7 Å². The van der Waals surface area contributed by atoms with E-state index in [2.05, 4.69) is 4.98 Å². The van der Waals surface area contributed by atoms with Gasteiger partial charge in [0, 0.05) is 18.9 Å². The highest BCUT2D eigenvalue weighted by atomic mass is 16.3. The molecular formula is C7H12N2O. The number of aromatic nitrogens is 2. The summed E-state index contributed by atoms with van der Waals surface area (Å²) in [6, 6.07) is 0. The molecule has 1 aromatic heterocycles. The van der Waals surface area contributed by atoms with Crippen molar-refractivity contribution in [3.8, 4) is 0 Å². The zero-order valence-electron chi connectivity index (χ0n) is 6.07. The van der Waals surface area contributed by atoms with Crippen molar-refractivity contribution in [2.45, 2.75) is 26.0 Å². The quantitative estimate of drug-likeness (QED) is 0.669. The fourth-order valence-corrected chi connectivity index (χ4v) is 0.755. The Balaban J connectivity index is 2.28. The van der Waals surface area contributed by atoms with Crippen molar-refractivity contribution >= 4 is 0 Å². The molecule has 1 heterocycles. The number of rotatable bonds is 3. The van der Waals surface area contributed by atoms with Crippen LogP contribution in [0.5, 0.6) is 0 Å².